The van der Waals surface area contributed by atoms with Gasteiger partial charge in [0.1, 0.15) is 6.61 Å². The van der Waals surface area contributed by atoms with Crippen molar-refractivity contribution in [2.45, 2.75) is 58.1 Å². The van der Waals surface area contributed by atoms with Gasteiger partial charge in [-0.1, -0.05) is 24.9 Å². The molecule has 1 aliphatic rings. The molecule has 1 aromatic rings. The Morgan fingerprint density at radius 1 is 1.39 bits per heavy atom. The van der Waals surface area contributed by atoms with Crippen LogP contribution in [-0.4, -0.2) is 22.8 Å². The minimum Gasteiger partial charge on any atom is -0.373 e. The van der Waals surface area contributed by atoms with Gasteiger partial charge >= 0.3 is 0 Å². The van der Waals surface area contributed by atoms with Gasteiger partial charge in [-0.05, 0) is 25.2 Å². The molecule has 1 fully saturated rings. The number of nitrogens with two attached hydrogens (primary N) is 1. The first kappa shape index (κ1) is 13.5. The van der Waals surface area contributed by atoms with Crippen LogP contribution in [0.15, 0.2) is 4.52 Å². The smallest absolute Gasteiger partial charge is 0.227 e. The average molecular weight is 253 g/mol. The molecule has 2 rings (SSSR count). The van der Waals surface area contributed by atoms with Gasteiger partial charge in [0.25, 0.3) is 0 Å². The first-order chi connectivity index (χ1) is 8.79. The maximum absolute atomic E-state index is 6.12. The molecular formula is C13H23N3O2. The molecular weight excluding hydrogens is 230 g/mol. The summed E-state index contributed by atoms with van der Waals surface area (Å²) in [4.78, 5) is 4.35. The molecule has 1 heterocycles. The second kappa shape index (κ2) is 6.85. The van der Waals surface area contributed by atoms with Crippen LogP contribution in [0.25, 0.3) is 0 Å². The van der Waals surface area contributed by atoms with Crippen LogP contribution in [0.3, 0.4) is 0 Å². The average Bonchev–Trinajstić information content (AvgIpc) is 2.80. The summed E-state index contributed by atoms with van der Waals surface area (Å²) in [5.74, 6) is 1.83. The number of nitrogens with zero attached hydrogens (tertiary/aromatic N) is 2. The topological polar surface area (TPSA) is 74.2 Å². The normalized spacial score (nSPS) is 24.3. The van der Waals surface area contributed by atoms with E-state index in [1.165, 1.54) is 19.3 Å². The molecule has 102 valence electrons. The zero-order valence-corrected chi connectivity index (χ0v) is 11.1. The second-order valence-electron chi connectivity index (χ2n) is 5.07. The van der Waals surface area contributed by atoms with Gasteiger partial charge in [-0.25, -0.2) is 0 Å². The fourth-order valence-electron chi connectivity index (χ4n) is 2.45. The van der Waals surface area contributed by atoms with Crippen molar-refractivity contribution >= 4 is 0 Å². The van der Waals surface area contributed by atoms with Crippen LogP contribution >= 0.6 is 0 Å². The van der Waals surface area contributed by atoms with Crippen LogP contribution < -0.4 is 5.73 Å². The lowest BCUT2D eigenvalue weighted by atomic mass is 9.83. The Kier molecular flexibility index (Phi) is 5.13. The van der Waals surface area contributed by atoms with Crippen molar-refractivity contribution in [3.8, 4) is 0 Å². The molecule has 0 aliphatic heterocycles. The largest absolute Gasteiger partial charge is 0.373 e. The maximum atomic E-state index is 6.12. The second-order valence-corrected chi connectivity index (χ2v) is 5.07. The minimum atomic E-state index is 0.283. The van der Waals surface area contributed by atoms with E-state index in [1.807, 2.05) is 0 Å². The highest BCUT2D eigenvalue weighted by Crippen LogP contribution is 2.25. The molecule has 2 atom stereocenters. The van der Waals surface area contributed by atoms with E-state index in [-0.39, 0.29) is 6.04 Å². The molecule has 2 N–H and O–H groups in total. The lowest BCUT2D eigenvalue weighted by Gasteiger charge is -2.27. The van der Waals surface area contributed by atoms with Crippen LogP contribution in [0, 0.1) is 5.92 Å². The third-order valence-corrected chi connectivity index (χ3v) is 3.49. The van der Waals surface area contributed by atoms with E-state index >= 15 is 0 Å². The van der Waals surface area contributed by atoms with E-state index in [0.717, 1.165) is 25.9 Å². The van der Waals surface area contributed by atoms with Gasteiger partial charge in [-0.15, -0.1) is 0 Å². The van der Waals surface area contributed by atoms with Crippen molar-refractivity contribution in [3.05, 3.63) is 11.7 Å². The first-order valence-electron chi connectivity index (χ1n) is 6.94. The molecule has 0 amide bonds. The summed E-state index contributed by atoms with van der Waals surface area (Å²) in [6.45, 7) is 3.25. The van der Waals surface area contributed by atoms with E-state index < -0.39 is 0 Å². The lowest BCUT2D eigenvalue weighted by molar-refractivity contribution is 0.114. The molecule has 1 saturated carbocycles. The predicted molar refractivity (Wildman–Crippen MR) is 67.9 cm³/mol. The molecule has 0 aromatic carbocycles. The molecule has 5 nitrogen and oxygen atoms in total. The zero-order chi connectivity index (χ0) is 12.8. The summed E-state index contributed by atoms with van der Waals surface area (Å²) in [5.41, 5.74) is 6.12. The standard InChI is InChI=1S/C13H23N3O2/c1-2-7-17-9-12-15-13(18-16-12)8-10-5-3-4-6-11(10)14/h10-11H,2-9,14H2,1H3. The third-order valence-electron chi connectivity index (χ3n) is 3.49. The molecule has 0 saturated heterocycles. The van der Waals surface area contributed by atoms with E-state index in [9.17, 15) is 0 Å². The van der Waals surface area contributed by atoms with E-state index in [2.05, 4.69) is 17.1 Å². The highest BCUT2D eigenvalue weighted by atomic mass is 16.5. The van der Waals surface area contributed by atoms with Crippen molar-refractivity contribution in [2.75, 3.05) is 6.61 Å². The summed E-state index contributed by atoms with van der Waals surface area (Å²) in [6, 6.07) is 0.283. The number of ether oxygens (including phenoxy) is 1. The van der Waals surface area contributed by atoms with Gasteiger partial charge in [0.15, 0.2) is 5.82 Å². The summed E-state index contributed by atoms with van der Waals surface area (Å²) in [7, 11) is 0. The van der Waals surface area contributed by atoms with Crippen LogP contribution in [0.4, 0.5) is 0 Å². The first-order valence-corrected chi connectivity index (χ1v) is 6.94. The highest BCUT2D eigenvalue weighted by Gasteiger charge is 2.24. The Labute approximate surface area is 108 Å². The van der Waals surface area contributed by atoms with Crippen LogP contribution in [0.5, 0.6) is 0 Å². The zero-order valence-electron chi connectivity index (χ0n) is 11.1. The van der Waals surface area contributed by atoms with Gasteiger partial charge in [0.05, 0.1) is 0 Å². The van der Waals surface area contributed by atoms with Crippen molar-refractivity contribution in [2.24, 2.45) is 11.7 Å². The molecule has 18 heavy (non-hydrogen) atoms. The molecule has 5 heteroatoms. The fourth-order valence-corrected chi connectivity index (χ4v) is 2.45. The molecule has 1 aliphatic carbocycles. The number of hydrogen-bond donors (Lipinski definition) is 1. The Balaban J connectivity index is 1.82. The van der Waals surface area contributed by atoms with Crippen molar-refractivity contribution in [1.82, 2.24) is 10.1 Å². The quantitative estimate of drug-likeness (QED) is 0.785. The highest BCUT2D eigenvalue weighted by molar-refractivity contribution is 4.90. The van der Waals surface area contributed by atoms with Crippen LogP contribution in [-0.2, 0) is 17.8 Å². The van der Waals surface area contributed by atoms with Crippen molar-refractivity contribution < 1.29 is 9.26 Å². The Morgan fingerprint density at radius 3 is 3.00 bits per heavy atom. The summed E-state index contributed by atoms with van der Waals surface area (Å²) in [5, 5.41) is 3.93. The Bertz CT molecular complexity index is 354. The number of hydrogen-bond acceptors (Lipinski definition) is 5. The summed E-state index contributed by atoms with van der Waals surface area (Å²) >= 11 is 0. The van der Waals surface area contributed by atoms with Crippen molar-refractivity contribution in [1.29, 1.82) is 0 Å². The third kappa shape index (κ3) is 3.78. The fraction of sp³-hybridized carbons (Fsp3) is 0.846. The van der Waals surface area contributed by atoms with Crippen molar-refractivity contribution in [3.63, 3.8) is 0 Å². The molecule has 0 bridgehead atoms. The van der Waals surface area contributed by atoms with Crippen LogP contribution in [0.2, 0.25) is 0 Å². The maximum Gasteiger partial charge on any atom is 0.227 e. The Hall–Kier alpha value is -0.940. The van der Waals surface area contributed by atoms with Crippen LogP contribution in [0.1, 0.15) is 50.7 Å². The van der Waals surface area contributed by atoms with E-state index in [1.54, 1.807) is 0 Å². The predicted octanol–water partition coefficient (Wildman–Crippen LogP) is 2.06. The number of rotatable bonds is 6. The van der Waals surface area contributed by atoms with E-state index in [0.29, 0.717) is 24.2 Å². The monoisotopic (exact) mass is 253 g/mol. The number of aromatic nitrogens is 2. The molecule has 1 aromatic heterocycles. The Morgan fingerprint density at radius 2 is 2.22 bits per heavy atom. The van der Waals surface area contributed by atoms with Gasteiger partial charge in [-0.3, -0.25) is 0 Å². The van der Waals surface area contributed by atoms with Gasteiger partial charge in [0.2, 0.25) is 5.89 Å². The van der Waals surface area contributed by atoms with Gasteiger partial charge < -0.3 is 15.0 Å². The lowest BCUT2D eigenvalue weighted by Crippen LogP contribution is -2.34. The minimum absolute atomic E-state index is 0.283. The molecule has 0 radical (unpaired) electrons. The van der Waals surface area contributed by atoms with Gasteiger partial charge in [0, 0.05) is 19.1 Å². The van der Waals surface area contributed by atoms with E-state index in [4.69, 9.17) is 15.0 Å². The summed E-state index contributed by atoms with van der Waals surface area (Å²) < 4.78 is 10.6. The summed E-state index contributed by atoms with van der Waals surface area (Å²) in [6.07, 6.45) is 6.61. The molecule has 2 unspecified atom stereocenters. The SMILES string of the molecule is CCCOCc1noc(CC2CCCCC2N)n1. The van der Waals surface area contributed by atoms with Gasteiger partial charge in [-0.2, -0.15) is 4.98 Å². The molecule has 0 spiro atoms.